The molecular weight excluding hydrogens is 366 g/mol. The normalized spacial score (nSPS) is 10.6. The van der Waals surface area contributed by atoms with Crippen LogP contribution in [0.2, 0.25) is 0 Å². The molecule has 0 bridgehead atoms. The standard InChI is InChI=1S/C23H25N3O3/c1-17-11-13-19(14-12-17)25-21(27)16-26(2)23(28)10-6-9-22-24-15-20(29-22)18-7-4-3-5-8-18/h3-5,7-8,11-15H,6,9-10,16H2,1-2H3,(H,25,27). The minimum absolute atomic E-state index is 0.0177. The van der Waals surface area contributed by atoms with Gasteiger partial charge in [-0.2, -0.15) is 0 Å². The van der Waals surface area contributed by atoms with Crippen LogP contribution in [0.15, 0.2) is 65.2 Å². The van der Waals surface area contributed by atoms with E-state index in [1.165, 1.54) is 4.90 Å². The average Bonchev–Trinajstić information content (AvgIpc) is 3.19. The molecule has 6 heteroatoms. The molecule has 3 rings (SSSR count). The first-order valence-corrected chi connectivity index (χ1v) is 9.62. The van der Waals surface area contributed by atoms with Crippen LogP contribution in [0.25, 0.3) is 11.3 Å². The Labute approximate surface area is 170 Å². The van der Waals surface area contributed by atoms with Gasteiger partial charge in [0.15, 0.2) is 11.7 Å². The number of hydrogen-bond donors (Lipinski definition) is 1. The highest BCUT2D eigenvalue weighted by Gasteiger charge is 2.14. The minimum Gasteiger partial charge on any atom is -0.441 e. The van der Waals surface area contributed by atoms with Crippen LogP contribution in [0.4, 0.5) is 5.69 Å². The Balaban J connectivity index is 1.41. The molecule has 1 aromatic heterocycles. The number of nitrogens with one attached hydrogen (secondary N) is 1. The highest BCUT2D eigenvalue weighted by Crippen LogP contribution is 2.20. The first-order valence-electron chi connectivity index (χ1n) is 9.62. The number of nitrogens with zero attached hydrogens (tertiary/aromatic N) is 2. The Hall–Kier alpha value is -3.41. The summed E-state index contributed by atoms with van der Waals surface area (Å²) in [7, 11) is 1.63. The number of hydrogen-bond acceptors (Lipinski definition) is 4. The number of benzene rings is 2. The van der Waals surface area contributed by atoms with Gasteiger partial charge in [-0.05, 0) is 25.5 Å². The Bertz CT molecular complexity index is 949. The van der Waals surface area contributed by atoms with E-state index < -0.39 is 0 Å². The van der Waals surface area contributed by atoms with E-state index in [4.69, 9.17) is 4.42 Å². The molecule has 6 nitrogen and oxygen atoms in total. The minimum atomic E-state index is -0.218. The molecule has 0 spiro atoms. The lowest BCUT2D eigenvalue weighted by Crippen LogP contribution is -2.34. The van der Waals surface area contributed by atoms with Crippen molar-refractivity contribution in [3.8, 4) is 11.3 Å². The zero-order valence-electron chi connectivity index (χ0n) is 16.7. The maximum Gasteiger partial charge on any atom is 0.243 e. The number of likely N-dealkylation sites (N-methyl/N-ethyl adjacent to an activating group) is 1. The van der Waals surface area contributed by atoms with Gasteiger partial charge in [0.1, 0.15) is 0 Å². The van der Waals surface area contributed by atoms with Gasteiger partial charge >= 0.3 is 0 Å². The molecule has 0 atom stereocenters. The van der Waals surface area contributed by atoms with Crippen molar-refractivity contribution in [2.45, 2.75) is 26.2 Å². The molecule has 0 unspecified atom stereocenters. The van der Waals surface area contributed by atoms with Crippen LogP contribution >= 0.6 is 0 Å². The number of oxazole rings is 1. The lowest BCUT2D eigenvalue weighted by atomic mass is 10.2. The quantitative estimate of drug-likeness (QED) is 0.628. The molecule has 1 heterocycles. The second kappa shape index (κ2) is 9.68. The fourth-order valence-corrected chi connectivity index (χ4v) is 2.88. The molecule has 0 aliphatic rings. The van der Waals surface area contributed by atoms with Crippen LogP contribution in [0.5, 0.6) is 0 Å². The van der Waals surface area contributed by atoms with E-state index in [2.05, 4.69) is 10.3 Å². The SMILES string of the molecule is Cc1ccc(NC(=O)CN(C)C(=O)CCCc2ncc(-c3ccccc3)o2)cc1. The van der Waals surface area contributed by atoms with Crippen LogP contribution in [0.1, 0.15) is 24.3 Å². The number of amides is 2. The summed E-state index contributed by atoms with van der Waals surface area (Å²) in [6, 6.07) is 17.3. The van der Waals surface area contributed by atoms with Gasteiger partial charge in [-0.15, -0.1) is 0 Å². The first kappa shape index (κ1) is 20.3. The van der Waals surface area contributed by atoms with Crippen LogP contribution in [0.3, 0.4) is 0 Å². The van der Waals surface area contributed by atoms with Gasteiger partial charge in [-0.3, -0.25) is 9.59 Å². The van der Waals surface area contributed by atoms with Crippen LogP contribution < -0.4 is 5.32 Å². The Morgan fingerprint density at radius 3 is 2.52 bits per heavy atom. The molecule has 150 valence electrons. The number of rotatable bonds is 8. The topological polar surface area (TPSA) is 75.4 Å². The third kappa shape index (κ3) is 6.04. The third-order valence-corrected chi connectivity index (χ3v) is 4.54. The predicted octanol–water partition coefficient (Wildman–Crippen LogP) is 4.07. The Morgan fingerprint density at radius 1 is 1.07 bits per heavy atom. The molecule has 0 fully saturated rings. The maximum absolute atomic E-state index is 12.3. The molecule has 0 saturated carbocycles. The second-order valence-electron chi connectivity index (χ2n) is 7.00. The highest BCUT2D eigenvalue weighted by atomic mass is 16.4. The van der Waals surface area contributed by atoms with Crippen molar-refractivity contribution in [1.29, 1.82) is 0 Å². The summed E-state index contributed by atoms with van der Waals surface area (Å²) in [6.45, 7) is 2.00. The number of anilines is 1. The van der Waals surface area contributed by atoms with E-state index in [0.29, 0.717) is 25.2 Å². The van der Waals surface area contributed by atoms with Gasteiger partial charge in [0.2, 0.25) is 11.8 Å². The molecule has 29 heavy (non-hydrogen) atoms. The van der Waals surface area contributed by atoms with Crippen molar-refractivity contribution in [3.63, 3.8) is 0 Å². The van der Waals surface area contributed by atoms with Crippen molar-refractivity contribution >= 4 is 17.5 Å². The Kier molecular flexibility index (Phi) is 6.79. The number of carbonyl (C=O) groups is 2. The van der Waals surface area contributed by atoms with Crippen molar-refractivity contribution in [2.24, 2.45) is 0 Å². The lowest BCUT2D eigenvalue weighted by molar-refractivity contribution is -0.133. The van der Waals surface area contributed by atoms with Crippen molar-refractivity contribution in [1.82, 2.24) is 9.88 Å². The molecule has 2 amide bonds. The summed E-state index contributed by atoms with van der Waals surface area (Å²) in [6.07, 6.45) is 3.21. The van der Waals surface area contributed by atoms with E-state index in [1.807, 2.05) is 61.5 Å². The van der Waals surface area contributed by atoms with E-state index in [9.17, 15) is 9.59 Å². The van der Waals surface area contributed by atoms with Crippen LogP contribution in [0, 0.1) is 6.92 Å². The predicted molar refractivity (Wildman–Crippen MR) is 112 cm³/mol. The summed E-state index contributed by atoms with van der Waals surface area (Å²) < 4.78 is 5.75. The zero-order chi connectivity index (χ0) is 20.6. The van der Waals surface area contributed by atoms with E-state index in [0.717, 1.165) is 22.6 Å². The first-order chi connectivity index (χ1) is 14.0. The monoisotopic (exact) mass is 391 g/mol. The molecule has 0 aliphatic carbocycles. The fourth-order valence-electron chi connectivity index (χ4n) is 2.88. The molecule has 1 N–H and O–H groups in total. The van der Waals surface area contributed by atoms with Crippen LogP contribution in [-0.2, 0) is 16.0 Å². The zero-order valence-corrected chi connectivity index (χ0v) is 16.7. The molecular formula is C23H25N3O3. The van der Waals surface area contributed by atoms with Gasteiger partial charge in [-0.25, -0.2) is 4.98 Å². The molecule has 0 radical (unpaired) electrons. The van der Waals surface area contributed by atoms with Gasteiger partial charge in [0, 0.05) is 31.1 Å². The summed E-state index contributed by atoms with van der Waals surface area (Å²) >= 11 is 0. The van der Waals surface area contributed by atoms with Crippen LogP contribution in [-0.4, -0.2) is 35.3 Å². The Morgan fingerprint density at radius 2 is 1.79 bits per heavy atom. The van der Waals surface area contributed by atoms with Crippen molar-refractivity contribution in [2.75, 3.05) is 18.9 Å². The van der Waals surface area contributed by atoms with E-state index in [-0.39, 0.29) is 18.4 Å². The summed E-state index contributed by atoms with van der Waals surface area (Å²) in [5.41, 5.74) is 2.82. The smallest absolute Gasteiger partial charge is 0.243 e. The summed E-state index contributed by atoms with van der Waals surface area (Å²) in [5, 5.41) is 2.80. The van der Waals surface area contributed by atoms with Gasteiger partial charge in [-0.1, -0.05) is 48.0 Å². The van der Waals surface area contributed by atoms with Gasteiger partial charge < -0.3 is 14.6 Å². The number of aryl methyl sites for hydroxylation is 2. The fraction of sp³-hybridized carbons (Fsp3) is 0.261. The van der Waals surface area contributed by atoms with Gasteiger partial charge in [0.25, 0.3) is 0 Å². The molecule has 3 aromatic rings. The largest absolute Gasteiger partial charge is 0.441 e. The van der Waals surface area contributed by atoms with Crippen molar-refractivity contribution < 1.29 is 14.0 Å². The van der Waals surface area contributed by atoms with Gasteiger partial charge in [0.05, 0.1) is 12.7 Å². The second-order valence-corrected chi connectivity index (χ2v) is 7.00. The molecule has 0 aliphatic heterocycles. The summed E-state index contributed by atoms with van der Waals surface area (Å²) in [4.78, 5) is 30.1. The highest BCUT2D eigenvalue weighted by molar-refractivity contribution is 5.94. The average molecular weight is 391 g/mol. The lowest BCUT2D eigenvalue weighted by Gasteiger charge is -2.16. The summed E-state index contributed by atoms with van der Waals surface area (Å²) in [5.74, 6) is 1.03. The number of aromatic nitrogens is 1. The molecule has 2 aromatic carbocycles. The maximum atomic E-state index is 12.3. The van der Waals surface area contributed by atoms with Crippen molar-refractivity contribution in [3.05, 3.63) is 72.2 Å². The van der Waals surface area contributed by atoms with E-state index >= 15 is 0 Å². The molecule has 0 saturated heterocycles. The van der Waals surface area contributed by atoms with E-state index in [1.54, 1.807) is 13.2 Å². The third-order valence-electron chi connectivity index (χ3n) is 4.54. The number of carbonyl (C=O) groups excluding carboxylic acids is 2.